The fourth-order valence-corrected chi connectivity index (χ4v) is 2.59. The normalized spacial score (nSPS) is 22.2. The topological polar surface area (TPSA) is 100 Å². The number of aryl methyl sites for hydroxylation is 1. The highest BCUT2D eigenvalue weighted by Crippen LogP contribution is 2.20. The lowest BCUT2D eigenvalue weighted by Gasteiger charge is -2.38. The van der Waals surface area contributed by atoms with Crippen LogP contribution in [-0.4, -0.2) is 68.4 Å². The first-order valence-corrected chi connectivity index (χ1v) is 7.35. The Bertz CT molecular complexity index is 513. The number of aromatic nitrogens is 4. The molecule has 0 saturated carbocycles. The lowest BCUT2D eigenvalue weighted by molar-refractivity contribution is -0.204. The number of likely N-dealkylation sites (tertiary alicyclic amines) is 1. The van der Waals surface area contributed by atoms with Crippen LogP contribution in [0.25, 0.3) is 0 Å². The fraction of sp³-hybridized carbons (Fsp3) is 0.769. The molecule has 0 bridgehead atoms. The van der Waals surface area contributed by atoms with Gasteiger partial charge in [-0.1, -0.05) is 0 Å². The van der Waals surface area contributed by atoms with Crippen molar-refractivity contribution >= 4 is 5.91 Å². The summed E-state index contributed by atoms with van der Waals surface area (Å²) in [6.07, 6.45) is 3.58. The third-order valence-electron chi connectivity index (χ3n) is 3.72. The number of carbonyl (C=O) groups excluding carboxylic acids is 1. The molecule has 9 heteroatoms. The molecule has 0 radical (unpaired) electrons. The van der Waals surface area contributed by atoms with Crippen LogP contribution in [0, 0.1) is 11.3 Å². The average molecular weight is 307 g/mol. The molecule has 120 valence electrons. The van der Waals surface area contributed by atoms with E-state index in [0.29, 0.717) is 26.1 Å². The second-order valence-electron chi connectivity index (χ2n) is 5.38. The Morgan fingerprint density at radius 3 is 2.95 bits per heavy atom. The van der Waals surface area contributed by atoms with Gasteiger partial charge in [-0.2, -0.15) is 10.1 Å². The second-order valence-corrected chi connectivity index (χ2v) is 5.38. The minimum absolute atomic E-state index is 0.0170. The Balaban J connectivity index is 1.80. The number of carbonyl (C=O) groups is 1. The Labute approximate surface area is 129 Å². The van der Waals surface area contributed by atoms with Crippen LogP contribution in [0.1, 0.15) is 26.2 Å². The first-order valence-electron chi connectivity index (χ1n) is 7.35. The molecule has 2 atom stereocenters. The van der Waals surface area contributed by atoms with E-state index < -0.39 is 0 Å². The van der Waals surface area contributed by atoms with Gasteiger partial charge < -0.3 is 0 Å². The van der Waals surface area contributed by atoms with Crippen molar-refractivity contribution in [3.8, 4) is 6.07 Å². The molecule has 2 rings (SSSR count). The molecule has 0 N–H and O–H groups in total. The Morgan fingerprint density at radius 2 is 2.36 bits per heavy atom. The Hall–Kier alpha value is -2.05. The van der Waals surface area contributed by atoms with E-state index in [0.717, 1.165) is 12.8 Å². The van der Waals surface area contributed by atoms with Gasteiger partial charge in [0.1, 0.15) is 0 Å². The maximum absolute atomic E-state index is 11.8. The molecule has 1 amide bonds. The lowest BCUT2D eigenvalue weighted by Crippen LogP contribution is -2.51. The van der Waals surface area contributed by atoms with Gasteiger partial charge in [-0.25, -0.2) is 5.06 Å². The highest BCUT2D eigenvalue weighted by molar-refractivity contribution is 5.72. The summed E-state index contributed by atoms with van der Waals surface area (Å²) in [6.45, 7) is 3.13. The SMILES string of the molecule is CC(=O)N(OCCCn1ncnn1)[C@@H]1CC[C@@H](C#N)N(C)C1. The van der Waals surface area contributed by atoms with Gasteiger partial charge in [-0.3, -0.25) is 14.5 Å². The summed E-state index contributed by atoms with van der Waals surface area (Å²) in [5.74, 6) is -0.118. The standard InChI is InChI=1S/C13H21N7O2/c1-11(21)20(13-5-4-12(8-14)18(2)9-13)22-7-3-6-19-16-10-15-17-19/h10,12-13H,3-7,9H2,1-2H3/t12-,13+/m0/s1. The fourth-order valence-electron chi connectivity index (χ4n) is 2.59. The summed E-state index contributed by atoms with van der Waals surface area (Å²) in [4.78, 5) is 20.9. The first kappa shape index (κ1) is 16.3. The third-order valence-corrected chi connectivity index (χ3v) is 3.72. The third kappa shape index (κ3) is 4.22. The maximum atomic E-state index is 11.8. The van der Waals surface area contributed by atoms with E-state index in [1.165, 1.54) is 23.1 Å². The van der Waals surface area contributed by atoms with Crippen molar-refractivity contribution in [2.24, 2.45) is 0 Å². The molecule has 1 aromatic heterocycles. The molecule has 0 aliphatic carbocycles. The summed E-state index contributed by atoms with van der Waals surface area (Å²) >= 11 is 0. The number of rotatable bonds is 6. The number of nitrogens with zero attached hydrogens (tertiary/aromatic N) is 7. The molecule has 9 nitrogen and oxygen atoms in total. The van der Waals surface area contributed by atoms with Crippen LogP contribution in [0.4, 0.5) is 0 Å². The monoisotopic (exact) mass is 307 g/mol. The zero-order chi connectivity index (χ0) is 15.9. The number of likely N-dealkylation sites (N-methyl/N-ethyl adjacent to an activating group) is 1. The molecule has 0 unspecified atom stereocenters. The Morgan fingerprint density at radius 1 is 1.55 bits per heavy atom. The van der Waals surface area contributed by atoms with Gasteiger partial charge in [-0.05, 0) is 31.5 Å². The van der Waals surface area contributed by atoms with Gasteiger partial charge in [0.2, 0.25) is 5.91 Å². The number of piperidine rings is 1. The van der Waals surface area contributed by atoms with E-state index in [2.05, 4.69) is 21.5 Å². The van der Waals surface area contributed by atoms with Crippen molar-refractivity contribution in [2.45, 2.75) is 44.8 Å². The van der Waals surface area contributed by atoms with Crippen LogP contribution < -0.4 is 0 Å². The molecule has 1 aliphatic heterocycles. The molecule has 2 heterocycles. The average Bonchev–Trinajstić information content (AvgIpc) is 3.00. The maximum Gasteiger partial charge on any atom is 0.243 e. The van der Waals surface area contributed by atoms with E-state index in [9.17, 15) is 4.79 Å². The van der Waals surface area contributed by atoms with Crippen molar-refractivity contribution in [3.05, 3.63) is 6.33 Å². The van der Waals surface area contributed by atoms with E-state index >= 15 is 0 Å². The molecular formula is C13H21N7O2. The summed E-state index contributed by atoms with van der Waals surface area (Å²) in [5.41, 5.74) is 0. The zero-order valence-corrected chi connectivity index (χ0v) is 12.9. The summed E-state index contributed by atoms with van der Waals surface area (Å²) in [6, 6.07) is 2.17. The predicted octanol–water partition coefficient (Wildman–Crippen LogP) is -0.170. The summed E-state index contributed by atoms with van der Waals surface area (Å²) in [7, 11) is 1.90. The van der Waals surface area contributed by atoms with Crippen molar-refractivity contribution in [1.82, 2.24) is 30.2 Å². The molecule has 0 aromatic carbocycles. The van der Waals surface area contributed by atoms with Crippen LogP contribution in [0.15, 0.2) is 6.33 Å². The van der Waals surface area contributed by atoms with Gasteiger partial charge in [0.05, 0.1) is 31.3 Å². The van der Waals surface area contributed by atoms with Crippen LogP contribution in [-0.2, 0) is 16.2 Å². The van der Waals surface area contributed by atoms with Crippen molar-refractivity contribution in [2.75, 3.05) is 20.2 Å². The zero-order valence-electron chi connectivity index (χ0n) is 12.9. The highest BCUT2D eigenvalue weighted by atomic mass is 16.7. The smallest absolute Gasteiger partial charge is 0.243 e. The van der Waals surface area contributed by atoms with Crippen LogP contribution in [0.5, 0.6) is 0 Å². The number of hydroxylamine groups is 2. The number of amides is 1. The summed E-state index contributed by atoms with van der Waals surface area (Å²) < 4.78 is 0. The van der Waals surface area contributed by atoms with Gasteiger partial charge in [0.25, 0.3) is 0 Å². The lowest BCUT2D eigenvalue weighted by atomic mass is 9.99. The number of hydrogen-bond acceptors (Lipinski definition) is 7. The van der Waals surface area contributed by atoms with E-state index in [-0.39, 0.29) is 18.0 Å². The van der Waals surface area contributed by atoms with Gasteiger partial charge in [0.15, 0.2) is 6.33 Å². The van der Waals surface area contributed by atoms with Crippen LogP contribution >= 0.6 is 0 Å². The summed E-state index contributed by atoms with van der Waals surface area (Å²) in [5, 5.41) is 21.8. The van der Waals surface area contributed by atoms with Gasteiger partial charge >= 0.3 is 0 Å². The van der Waals surface area contributed by atoms with Gasteiger partial charge in [-0.15, -0.1) is 10.2 Å². The van der Waals surface area contributed by atoms with Crippen molar-refractivity contribution in [1.29, 1.82) is 5.26 Å². The van der Waals surface area contributed by atoms with Crippen molar-refractivity contribution < 1.29 is 9.63 Å². The largest absolute Gasteiger partial charge is 0.289 e. The second kappa shape index (κ2) is 7.82. The molecule has 22 heavy (non-hydrogen) atoms. The minimum atomic E-state index is -0.118. The van der Waals surface area contributed by atoms with Gasteiger partial charge in [0, 0.05) is 13.5 Å². The highest BCUT2D eigenvalue weighted by Gasteiger charge is 2.31. The van der Waals surface area contributed by atoms with Crippen LogP contribution in [0.2, 0.25) is 0 Å². The van der Waals surface area contributed by atoms with E-state index in [1.807, 2.05) is 11.9 Å². The molecule has 1 aromatic rings. The molecule has 1 saturated heterocycles. The number of hydrogen-bond donors (Lipinski definition) is 0. The van der Waals surface area contributed by atoms with E-state index in [4.69, 9.17) is 10.1 Å². The molecule has 1 aliphatic rings. The minimum Gasteiger partial charge on any atom is -0.289 e. The number of tetrazole rings is 1. The first-order chi connectivity index (χ1) is 10.6. The predicted molar refractivity (Wildman–Crippen MR) is 76.0 cm³/mol. The van der Waals surface area contributed by atoms with Crippen molar-refractivity contribution in [3.63, 3.8) is 0 Å². The molecule has 1 fully saturated rings. The molecular weight excluding hydrogens is 286 g/mol. The van der Waals surface area contributed by atoms with Crippen LogP contribution in [0.3, 0.4) is 0 Å². The molecule has 0 spiro atoms. The quantitative estimate of drug-likeness (QED) is 0.531. The Kier molecular flexibility index (Phi) is 5.80. The number of nitriles is 1. The van der Waals surface area contributed by atoms with E-state index in [1.54, 1.807) is 0 Å².